The number of halogens is 1. The molecule has 1 aromatic carbocycles. The zero-order valence-electron chi connectivity index (χ0n) is 9.86. The molecule has 0 spiro atoms. The van der Waals surface area contributed by atoms with Gasteiger partial charge >= 0.3 is 0 Å². The number of hydrogen-bond donors (Lipinski definition) is 1. The zero-order valence-corrected chi connectivity index (χ0v) is 10.6. The molecule has 90 valence electrons. The number of rotatable bonds is 4. The molecule has 0 amide bonds. The molecule has 17 heavy (non-hydrogen) atoms. The first-order chi connectivity index (χ1) is 8.20. The van der Waals surface area contributed by atoms with Gasteiger partial charge in [-0.1, -0.05) is 29.8 Å². The fraction of sp³-hybridized carbons (Fsp3) is 0.308. The average Bonchev–Trinajstić information content (AvgIpc) is 2.63. The number of nitrogens with zero attached hydrogens (tertiary/aromatic N) is 2. The van der Waals surface area contributed by atoms with Gasteiger partial charge < -0.3 is 10.3 Å². The first-order valence-electron chi connectivity index (χ1n) is 5.67. The van der Waals surface area contributed by atoms with Crippen LogP contribution in [0.4, 0.5) is 0 Å². The highest BCUT2D eigenvalue weighted by molar-refractivity contribution is 6.31. The SMILES string of the molecule is Cc1nc(CCN)cn1Cc1ccccc1Cl. The highest BCUT2D eigenvalue weighted by Crippen LogP contribution is 2.17. The maximum Gasteiger partial charge on any atom is 0.106 e. The molecule has 2 aromatic rings. The van der Waals surface area contributed by atoms with E-state index < -0.39 is 0 Å². The number of nitrogens with two attached hydrogens (primary N) is 1. The third-order valence-corrected chi connectivity index (χ3v) is 3.09. The minimum Gasteiger partial charge on any atom is -0.330 e. The van der Waals surface area contributed by atoms with E-state index in [1.165, 1.54) is 0 Å². The molecule has 4 heteroatoms. The van der Waals surface area contributed by atoms with Crippen molar-refractivity contribution >= 4 is 11.6 Å². The Kier molecular flexibility index (Phi) is 3.82. The Labute approximate surface area is 106 Å². The standard InChI is InChI=1S/C13H16ClN3/c1-10-16-12(6-7-15)9-17(10)8-11-4-2-3-5-13(11)14/h2-5,9H,6-8,15H2,1H3. The molecule has 1 aromatic heterocycles. The summed E-state index contributed by atoms with van der Waals surface area (Å²) >= 11 is 6.14. The summed E-state index contributed by atoms with van der Waals surface area (Å²) in [6.45, 7) is 3.38. The molecule has 0 aliphatic carbocycles. The van der Waals surface area contributed by atoms with E-state index in [-0.39, 0.29) is 0 Å². The normalized spacial score (nSPS) is 10.8. The van der Waals surface area contributed by atoms with Gasteiger partial charge in [-0.25, -0.2) is 4.98 Å². The van der Waals surface area contributed by atoms with Crippen molar-refractivity contribution in [1.29, 1.82) is 0 Å². The third-order valence-electron chi connectivity index (χ3n) is 2.72. The van der Waals surface area contributed by atoms with E-state index in [1.807, 2.05) is 37.4 Å². The van der Waals surface area contributed by atoms with Gasteiger partial charge in [0.1, 0.15) is 5.82 Å². The predicted octanol–water partition coefficient (Wildman–Crippen LogP) is 2.39. The van der Waals surface area contributed by atoms with Crippen molar-refractivity contribution in [1.82, 2.24) is 9.55 Å². The van der Waals surface area contributed by atoms with Crippen molar-refractivity contribution in [3.63, 3.8) is 0 Å². The second kappa shape index (κ2) is 5.34. The highest BCUT2D eigenvalue weighted by Gasteiger charge is 2.05. The van der Waals surface area contributed by atoms with Crippen LogP contribution in [0.5, 0.6) is 0 Å². The summed E-state index contributed by atoms with van der Waals surface area (Å²) in [6, 6.07) is 7.87. The number of aryl methyl sites for hydroxylation is 1. The Bertz CT molecular complexity index is 505. The van der Waals surface area contributed by atoms with Gasteiger partial charge in [0.25, 0.3) is 0 Å². The molecular weight excluding hydrogens is 234 g/mol. The monoisotopic (exact) mass is 249 g/mol. The van der Waals surface area contributed by atoms with Crippen molar-refractivity contribution in [2.24, 2.45) is 5.73 Å². The number of imidazole rings is 1. The fourth-order valence-corrected chi connectivity index (χ4v) is 2.01. The summed E-state index contributed by atoms with van der Waals surface area (Å²) in [5, 5.41) is 0.793. The number of benzene rings is 1. The van der Waals surface area contributed by atoms with E-state index in [9.17, 15) is 0 Å². The van der Waals surface area contributed by atoms with Crippen LogP contribution in [-0.2, 0) is 13.0 Å². The second-order valence-corrected chi connectivity index (χ2v) is 4.44. The minimum atomic E-state index is 0.628. The summed E-state index contributed by atoms with van der Waals surface area (Å²) in [5.41, 5.74) is 7.67. The van der Waals surface area contributed by atoms with Crippen molar-refractivity contribution in [3.8, 4) is 0 Å². The van der Waals surface area contributed by atoms with E-state index >= 15 is 0 Å². The van der Waals surface area contributed by atoms with E-state index in [1.54, 1.807) is 0 Å². The molecule has 0 unspecified atom stereocenters. The topological polar surface area (TPSA) is 43.8 Å². The van der Waals surface area contributed by atoms with E-state index in [0.717, 1.165) is 35.1 Å². The average molecular weight is 250 g/mol. The van der Waals surface area contributed by atoms with Crippen LogP contribution >= 0.6 is 11.6 Å². The summed E-state index contributed by atoms with van der Waals surface area (Å²) in [4.78, 5) is 4.47. The predicted molar refractivity (Wildman–Crippen MR) is 70.3 cm³/mol. The smallest absolute Gasteiger partial charge is 0.106 e. The molecule has 2 N–H and O–H groups in total. The second-order valence-electron chi connectivity index (χ2n) is 4.04. The van der Waals surface area contributed by atoms with Gasteiger partial charge in [0.15, 0.2) is 0 Å². The summed E-state index contributed by atoms with van der Waals surface area (Å²) < 4.78 is 2.10. The molecule has 0 aliphatic heterocycles. The van der Waals surface area contributed by atoms with Gasteiger partial charge in [0.2, 0.25) is 0 Å². The Morgan fingerprint density at radius 3 is 2.82 bits per heavy atom. The third kappa shape index (κ3) is 2.87. The van der Waals surface area contributed by atoms with Crippen molar-refractivity contribution < 1.29 is 0 Å². The molecule has 0 radical (unpaired) electrons. The van der Waals surface area contributed by atoms with Crippen LogP contribution < -0.4 is 5.73 Å². The van der Waals surface area contributed by atoms with Gasteiger partial charge in [-0.15, -0.1) is 0 Å². The summed E-state index contributed by atoms with van der Waals surface area (Å²) in [5.74, 6) is 0.994. The lowest BCUT2D eigenvalue weighted by atomic mass is 10.2. The molecule has 0 saturated heterocycles. The number of hydrogen-bond acceptors (Lipinski definition) is 2. The lowest BCUT2D eigenvalue weighted by Gasteiger charge is -2.06. The van der Waals surface area contributed by atoms with Gasteiger partial charge in [0, 0.05) is 17.6 Å². The molecule has 0 atom stereocenters. The van der Waals surface area contributed by atoms with Crippen LogP contribution in [0.15, 0.2) is 30.5 Å². The first kappa shape index (κ1) is 12.1. The maximum absolute atomic E-state index is 6.14. The van der Waals surface area contributed by atoms with Crippen LogP contribution in [0.3, 0.4) is 0 Å². The lowest BCUT2D eigenvalue weighted by molar-refractivity contribution is 0.761. The molecule has 0 saturated carbocycles. The van der Waals surface area contributed by atoms with Crippen molar-refractivity contribution in [2.45, 2.75) is 19.9 Å². The molecule has 0 aliphatic rings. The van der Waals surface area contributed by atoms with Crippen molar-refractivity contribution in [2.75, 3.05) is 6.54 Å². The first-order valence-corrected chi connectivity index (χ1v) is 6.04. The van der Waals surface area contributed by atoms with Crippen LogP contribution in [0, 0.1) is 6.92 Å². The summed E-state index contributed by atoms with van der Waals surface area (Å²) in [6.07, 6.45) is 2.86. The molecule has 0 bridgehead atoms. The van der Waals surface area contributed by atoms with Gasteiger partial charge in [-0.2, -0.15) is 0 Å². The number of aromatic nitrogens is 2. The zero-order chi connectivity index (χ0) is 12.3. The van der Waals surface area contributed by atoms with E-state index in [0.29, 0.717) is 6.54 Å². The van der Waals surface area contributed by atoms with Gasteiger partial charge in [-0.05, 0) is 25.1 Å². The van der Waals surface area contributed by atoms with Crippen LogP contribution in [-0.4, -0.2) is 16.1 Å². The van der Waals surface area contributed by atoms with E-state index in [4.69, 9.17) is 17.3 Å². The Morgan fingerprint density at radius 1 is 1.35 bits per heavy atom. The minimum absolute atomic E-state index is 0.628. The quantitative estimate of drug-likeness (QED) is 0.904. The van der Waals surface area contributed by atoms with Gasteiger partial charge in [-0.3, -0.25) is 0 Å². The molecule has 1 heterocycles. The lowest BCUT2D eigenvalue weighted by Crippen LogP contribution is -2.03. The highest BCUT2D eigenvalue weighted by atomic mass is 35.5. The molecule has 0 fully saturated rings. The molecule has 2 rings (SSSR count). The summed E-state index contributed by atoms with van der Waals surface area (Å²) in [7, 11) is 0. The Hall–Kier alpha value is -1.32. The maximum atomic E-state index is 6.14. The van der Waals surface area contributed by atoms with Crippen LogP contribution in [0.1, 0.15) is 17.1 Å². The Morgan fingerprint density at radius 2 is 2.12 bits per heavy atom. The van der Waals surface area contributed by atoms with Gasteiger partial charge in [0.05, 0.1) is 12.2 Å². The van der Waals surface area contributed by atoms with Crippen LogP contribution in [0.25, 0.3) is 0 Å². The van der Waals surface area contributed by atoms with E-state index in [2.05, 4.69) is 9.55 Å². The molecule has 3 nitrogen and oxygen atoms in total. The fourth-order valence-electron chi connectivity index (χ4n) is 1.81. The van der Waals surface area contributed by atoms with Crippen LogP contribution in [0.2, 0.25) is 5.02 Å². The largest absolute Gasteiger partial charge is 0.330 e. The van der Waals surface area contributed by atoms with Crippen molar-refractivity contribution in [3.05, 3.63) is 52.6 Å². The molecular formula is C13H16ClN3. The Balaban J connectivity index is 2.21.